The molecule has 3 heterocycles. The molecule has 2 aromatic heterocycles. The van der Waals surface area contributed by atoms with E-state index in [9.17, 15) is 14.9 Å². The molecular formula is C26H23N7O2. The highest BCUT2D eigenvalue weighted by Crippen LogP contribution is 2.25. The highest BCUT2D eigenvalue weighted by atomic mass is 16.2. The van der Waals surface area contributed by atoms with Crippen molar-refractivity contribution in [1.82, 2.24) is 20.1 Å². The summed E-state index contributed by atoms with van der Waals surface area (Å²) in [5, 5.41) is 17.3. The molecule has 3 N–H and O–H groups in total. The summed E-state index contributed by atoms with van der Waals surface area (Å²) in [4.78, 5) is 33.6. The smallest absolute Gasteiger partial charge is 0.272 e. The number of pyridine rings is 1. The minimum Gasteiger partial charge on any atom is -0.352 e. The summed E-state index contributed by atoms with van der Waals surface area (Å²) in [7, 11) is 0. The van der Waals surface area contributed by atoms with Gasteiger partial charge in [-0.2, -0.15) is 10.4 Å². The minimum atomic E-state index is -0.616. The Labute approximate surface area is 201 Å². The number of nitrogens with one attached hydrogen (secondary N) is 1. The Morgan fingerprint density at radius 1 is 1.03 bits per heavy atom. The second-order valence-electron chi connectivity index (χ2n) is 8.35. The quantitative estimate of drug-likeness (QED) is 0.472. The van der Waals surface area contributed by atoms with E-state index in [2.05, 4.69) is 21.3 Å². The van der Waals surface area contributed by atoms with Gasteiger partial charge in [0.2, 0.25) is 0 Å². The Balaban J connectivity index is 1.34. The van der Waals surface area contributed by atoms with E-state index < -0.39 is 6.04 Å². The first-order valence-corrected chi connectivity index (χ1v) is 11.3. The molecule has 1 saturated heterocycles. The van der Waals surface area contributed by atoms with Crippen LogP contribution < -0.4 is 16.2 Å². The van der Waals surface area contributed by atoms with Gasteiger partial charge in [0, 0.05) is 43.3 Å². The second kappa shape index (κ2) is 9.37. The molecule has 35 heavy (non-hydrogen) atoms. The van der Waals surface area contributed by atoms with Crippen LogP contribution in [0.2, 0.25) is 0 Å². The SMILES string of the molecule is N#Cc1cccnc1N1CCN(C(=O)c2cccc(C(N)c3n[nH]c(=O)c4ccccc34)c2)CC1. The van der Waals surface area contributed by atoms with Crippen molar-refractivity contribution in [2.24, 2.45) is 5.73 Å². The van der Waals surface area contributed by atoms with Crippen LogP contribution in [0.5, 0.6) is 0 Å². The lowest BCUT2D eigenvalue weighted by molar-refractivity contribution is 0.0746. The Morgan fingerprint density at radius 3 is 2.57 bits per heavy atom. The number of rotatable bonds is 4. The zero-order valence-corrected chi connectivity index (χ0v) is 18.9. The summed E-state index contributed by atoms with van der Waals surface area (Å²) in [5.41, 5.74) is 8.60. The lowest BCUT2D eigenvalue weighted by Gasteiger charge is -2.35. The van der Waals surface area contributed by atoms with Gasteiger partial charge in [0.1, 0.15) is 11.9 Å². The Kier molecular flexibility index (Phi) is 5.95. The van der Waals surface area contributed by atoms with Crippen LogP contribution in [0.1, 0.15) is 33.2 Å². The Morgan fingerprint density at radius 2 is 1.80 bits per heavy atom. The van der Waals surface area contributed by atoms with Crippen molar-refractivity contribution in [3.63, 3.8) is 0 Å². The van der Waals surface area contributed by atoms with Crippen LogP contribution in [0.15, 0.2) is 71.7 Å². The van der Waals surface area contributed by atoms with Crippen molar-refractivity contribution in [3.05, 3.63) is 99.6 Å². The predicted octanol–water partition coefficient (Wildman–Crippen LogP) is 2.20. The third kappa shape index (κ3) is 4.23. The molecule has 4 aromatic rings. The predicted molar refractivity (Wildman–Crippen MR) is 132 cm³/mol. The van der Waals surface area contributed by atoms with Crippen molar-refractivity contribution in [2.45, 2.75) is 6.04 Å². The number of nitriles is 1. The highest BCUT2D eigenvalue weighted by molar-refractivity contribution is 5.94. The van der Waals surface area contributed by atoms with Gasteiger partial charge in [0.25, 0.3) is 11.5 Å². The molecule has 0 radical (unpaired) electrons. The molecular weight excluding hydrogens is 442 g/mol. The standard InChI is InChI=1S/C26H23N7O2/c27-16-19-7-4-10-29-24(19)32-11-13-33(14-12-32)26(35)18-6-3-5-17(15-18)22(28)23-20-8-1-2-9-21(20)25(34)31-30-23/h1-10,15,22H,11-14,28H2,(H,31,34). The number of anilines is 1. The number of amides is 1. The van der Waals surface area contributed by atoms with Gasteiger partial charge in [-0.3, -0.25) is 9.59 Å². The fourth-order valence-corrected chi connectivity index (χ4v) is 4.44. The summed E-state index contributed by atoms with van der Waals surface area (Å²) in [6.07, 6.45) is 1.67. The van der Waals surface area contributed by atoms with Gasteiger partial charge in [-0.05, 0) is 35.9 Å². The summed E-state index contributed by atoms with van der Waals surface area (Å²) in [5.74, 6) is 0.565. The first-order chi connectivity index (χ1) is 17.1. The molecule has 174 valence electrons. The lowest BCUT2D eigenvalue weighted by Crippen LogP contribution is -2.49. The number of fused-ring (bicyclic) bond motifs is 1. The second-order valence-corrected chi connectivity index (χ2v) is 8.35. The van der Waals surface area contributed by atoms with E-state index >= 15 is 0 Å². The van der Waals surface area contributed by atoms with Crippen LogP contribution in [0.4, 0.5) is 5.82 Å². The molecule has 1 amide bonds. The third-order valence-electron chi connectivity index (χ3n) is 6.29. The van der Waals surface area contributed by atoms with Gasteiger partial charge in [0.05, 0.1) is 22.7 Å². The Bertz CT molecular complexity index is 1500. The lowest BCUT2D eigenvalue weighted by atomic mass is 9.98. The number of nitrogens with zero attached hydrogens (tertiary/aromatic N) is 5. The maximum atomic E-state index is 13.3. The first-order valence-electron chi connectivity index (χ1n) is 11.3. The minimum absolute atomic E-state index is 0.0838. The summed E-state index contributed by atoms with van der Waals surface area (Å²) < 4.78 is 0. The molecule has 1 aliphatic heterocycles. The molecule has 5 rings (SSSR count). The fraction of sp³-hybridized carbons (Fsp3) is 0.192. The summed E-state index contributed by atoms with van der Waals surface area (Å²) in [6, 6.07) is 19.4. The number of nitrogens with two attached hydrogens (primary N) is 1. The summed E-state index contributed by atoms with van der Waals surface area (Å²) >= 11 is 0. The largest absolute Gasteiger partial charge is 0.352 e. The molecule has 0 spiro atoms. The highest BCUT2D eigenvalue weighted by Gasteiger charge is 2.25. The number of benzene rings is 2. The molecule has 0 saturated carbocycles. The molecule has 9 heteroatoms. The zero-order chi connectivity index (χ0) is 24.4. The van der Waals surface area contributed by atoms with Crippen LogP contribution in [0.25, 0.3) is 10.8 Å². The van der Waals surface area contributed by atoms with E-state index in [0.29, 0.717) is 59.6 Å². The maximum absolute atomic E-state index is 13.3. The average molecular weight is 466 g/mol. The van der Waals surface area contributed by atoms with Crippen LogP contribution >= 0.6 is 0 Å². The zero-order valence-electron chi connectivity index (χ0n) is 18.9. The van der Waals surface area contributed by atoms with E-state index in [0.717, 1.165) is 5.56 Å². The van der Waals surface area contributed by atoms with Crippen molar-refractivity contribution in [2.75, 3.05) is 31.1 Å². The fourth-order valence-electron chi connectivity index (χ4n) is 4.44. The van der Waals surface area contributed by atoms with Gasteiger partial charge in [-0.25, -0.2) is 10.1 Å². The van der Waals surface area contributed by atoms with Crippen LogP contribution in [-0.4, -0.2) is 52.2 Å². The number of hydrogen-bond acceptors (Lipinski definition) is 7. The number of carbonyl (C=O) groups excluding carboxylic acids is 1. The van der Waals surface area contributed by atoms with Crippen LogP contribution in [-0.2, 0) is 0 Å². The number of H-pyrrole nitrogens is 1. The molecule has 0 aliphatic carbocycles. The van der Waals surface area contributed by atoms with Crippen molar-refractivity contribution < 1.29 is 4.79 Å². The summed E-state index contributed by atoms with van der Waals surface area (Å²) in [6.45, 7) is 2.21. The molecule has 1 fully saturated rings. The molecule has 2 aromatic carbocycles. The van der Waals surface area contributed by atoms with Crippen molar-refractivity contribution >= 4 is 22.5 Å². The van der Waals surface area contributed by atoms with Crippen LogP contribution in [0.3, 0.4) is 0 Å². The Hall–Kier alpha value is -4.55. The normalized spacial score (nSPS) is 14.5. The topological polar surface area (TPSA) is 132 Å². The van der Waals surface area contributed by atoms with Crippen molar-refractivity contribution in [3.8, 4) is 6.07 Å². The number of hydrogen-bond donors (Lipinski definition) is 2. The number of aromatic amines is 1. The monoisotopic (exact) mass is 465 g/mol. The number of piperazine rings is 1. The van der Waals surface area contributed by atoms with E-state index in [1.807, 2.05) is 23.1 Å². The van der Waals surface area contributed by atoms with Gasteiger partial charge >= 0.3 is 0 Å². The van der Waals surface area contributed by atoms with Gasteiger partial charge in [-0.1, -0.05) is 30.3 Å². The molecule has 1 atom stereocenters. The average Bonchev–Trinajstić information content (AvgIpc) is 2.93. The van der Waals surface area contributed by atoms with Gasteiger partial charge < -0.3 is 15.5 Å². The number of aromatic nitrogens is 3. The number of carbonyl (C=O) groups is 1. The maximum Gasteiger partial charge on any atom is 0.272 e. The first kappa shape index (κ1) is 22.3. The molecule has 0 bridgehead atoms. The van der Waals surface area contributed by atoms with Crippen LogP contribution in [0, 0.1) is 11.3 Å². The molecule has 1 unspecified atom stereocenters. The van der Waals surface area contributed by atoms with E-state index in [1.54, 1.807) is 53.6 Å². The van der Waals surface area contributed by atoms with E-state index in [4.69, 9.17) is 5.73 Å². The van der Waals surface area contributed by atoms with Crippen molar-refractivity contribution in [1.29, 1.82) is 5.26 Å². The van der Waals surface area contributed by atoms with E-state index in [-0.39, 0.29) is 11.5 Å². The molecule has 1 aliphatic rings. The van der Waals surface area contributed by atoms with E-state index in [1.165, 1.54) is 0 Å². The van der Waals surface area contributed by atoms with Gasteiger partial charge in [-0.15, -0.1) is 0 Å². The molecule has 9 nitrogen and oxygen atoms in total. The van der Waals surface area contributed by atoms with Gasteiger partial charge in [0.15, 0.2) is 0 Å². The third-order valence-corrected chi connectivity index (χ3v) is 6.29.